The van der Waals surface area contributed by atoms with E-state index in [9.17, 15) is 18.0 Å². The predicted octanol–water partition coefficient (Wildman–Crippen LogP) is 5.64. The Hall–Kier alpha value is -3.60. The van der Waals surface area contributed by atoms with Crippen LogP contribution in [0, 0.1) is 11.8 Å². The number of hydrogen-bond donors (Lipinski definition) is 1. The van der Waals surface area contributed by atoms with Crippen LogP contribution in [0.25, 0.3) is 11.3 Å². The van der Waals surface area contributed by atoms with Gasteiger partial charge >= 0.3 is 12.3 Å². The summed E-state index contributed by atoms with van der Waals surface area (Å²) < 4.78 is 55.2. The number of pyridine rings is 1. The van der Waals surface area contributed by atoms with Crippen molar-refractivity contribution in [3.8, 4) is 17.0 Å². The molecule has 38 heavy (non-hydrogen) atoms. The minimum Gasteiger partial charge on any atom is -0.478 e. The lowest BCUT2D eigenvalue weighted by atomic mass is 10.0. The highest BCUT2D eigenvalue weighted by Gasteiger charge is 2.42. The van der Waals surface area contributed by atoms with Gasteiger partial charge in [-0.25, -0.2) is 9.78 Å². The first-order valence-electron chi connectivity index (χ1n) is 12.6. The second-order valence-corrected chi connectivity index (χ2v) is 10.2. The van der Waals surface area contributed by atoms with Gasteiger partial charge in [0, 0.05) is 36.3 Å². The van der Waals surface area contributed by atoms with E-state index in [2.05, 4.69) is 19.8 Å². The Morgan fingerprint density at radius 1 is 1.11 bits per heavy atom. The third kappa shape index (κ3) is 5.07. The molecule has 3 aromatic rings. The van der Waals surface area contributed by atoms with Gasteiger partial charge in [0.15, 0.2) is 0 Å². The van der Waals surface area contributed by atoms with Crippen LogP contribution < -0.4 is 9.64 Å². The number of halogens is 3. The molecule has 3 atom stereocenters. The minimum atomic E-state index is -4.82. The molecule has 2 aromatic heterocycles. The number of nitrogens with zero attached hydrogens (tertiary/aromatic N) is 3. The van der Waals surface area contributed by atoms with Crippen LogP contribution in [0.2, 0.25) is 0 Å². The number of carbonyl (C=O) groups is 1. The van der Waals surface area contributed by atoms with Crippen molar-refractivity contribution in [2.45, 2.75) is 50.7 Å². The van der Waals surface area contributed by atoms with Crippen molar-refractivity contribution in [1.82, 2.24) is 10.1 Å². The summed E-state index contributed by atoms with van der Waals surface area (Å²) in [6.45, 7) is 1.84. The van der Waals surface area contributed by atoms with Gasteiger partial charge in [-0.3, -0.25) is 0 Å². The zero-order chi connectivity index (χ0) is 26.4. The molecule has 0 bridgehead atoms. The third-order valence-corrected chi connectivity index (χ3v) is 7.62. The van der Waals surface area contributed by atoms with Crippen LogP contribution in [0.15, 0.2) is 47.1 Å². The van der Waals surface area contributed by atoms with E-state index in [1.807, 2.05) is 0 Å². The number of para-hydroxylation sites is 1. The van der Waals surface area contributed by atoms with Gasteiger partial charge in [-0.1, -0.05) is 17.3 Å². The van der Waals surface area contributed by atoms with Crippen LogP contribution in [0.1, 0.15) is 53.3 Å². The summed E-state index contributed by atoms with van der Waals surface area (Å²) >= 11 is 0. The zero-order valence-corrected chi connectivity index (χ0v) is 20.4. The maximum Gasteiger partial charge on any atom is 0.573 e. The molecule has 0 radical (unpaired) electrons. The number of carboxylic acid groups (broad SMARTS) is 1. The maximum atomic E-state index is 13.0. The number of aromatic carboxylic acids is 1. The Kier molecular flexibility index (Phi) is 6.25. The average molecular weight is 530 g/mol. The van der Waals surface area contributed by atoms with E-state index < -0.39 is 12.3 Å². The quantitative estimate of drug-likeness (QED) is 0.400. The summed E-state index contributed by atoms with van der Waals surface area (Å²) in [6.07, 6.45) is 0.206. The number of ether oxygens (including phenoxy) is 2. The Morgan fingerprint density at radius 3 is 2.47 bits per heavy atom. The number of anilines is 1. The molecular weight excluding hydrogens is 503 g/mol. The number of alkyl halides is 3. The lowest BCUT2D eigenvalue weighted by Gasteiger charge is -2.20. The summed E-state index contributed by atoms with van der Waals surface area (Å²) in [7, 11) is 0. The number of benzene rings is 1. The molecule has 8 nitrogen and oxygen atoms in total. The highest BCUT2D eigenvalue weighted by Crippen LogP contribution is 2.46. The Labute approximate surface area is 216 Å². The van der Waals surface area contributed by atoms with Crippen LogP contribution in [-0.2, 0) is 11.3 Å². The van der Waals surface area contributed by atoms with Gasteiger partial charge in [0.05, 0.1) is 18.3 Å². The lowest BCUT2D eigenvalue weighted by molar-refractivity contribution is -0.274. The Bertz CT molecular complexity index is 1310. The lowest BCUT2D eigenvalue weighted by Crippen LogP contribution is -2.24. The fourth-order valence-electron chi connectivity index (χ4n) is 5.68. The van der Waals surface area contributed by atoms with Crippen molar-refractivity contribution in [3.63, 3.8) is 0 Å². The van der Waals surface area contributed by atoms with Gasteiger partial charge in [0.2, 0.25) is 0 Å². The third-order valence-electron chi connectivity index (χ3n) is 7.62. The summed E-state index contributed by atoms with van der Waals surface area (Å²) in [5.41, 5.74) is 1.39. The predicted molar refractivity (Wildman–Crippen MR) is 129 cm³/mol. The molecular formula is C27H26F3N3O5. The van der Waals surface area contributed by atoms with Crippen molar-refractivity contribution < 1.29 is 37.1 Å². The summed E-state index contributed by atoms with van der Waals surface area (Å²) in [4.78, 5) is 17.6. The number of hydrogen-bond acceptors (Lipinski definition) is 7. The van der Waals surface area contributed by atoms with E-state index >= 15 is 0 Å². The molecule has 2 aliphatic carbocycles. The molecule has 2 unspecified atom stereocenters. The molecule has 1 aliphatic heterocycles. The van der Waals surface area contributed by atoms with Gasteiger partial charge < -0.3 is 24.0 Å². The summed E-state index contributed by atoms with van der Waals surface area (Å²) in [5.74, 6) is 1.18. The van der Waals surface area contributed by atoms with Gasteiger partial charge in [-0.15, -0.1) is 13.2 Å². The number of fused-ring (bicyclic) bond motifs is 1. The molecule has 1 saturated heterocycles. The second-order valence-electron chi connectivity index (χ2n) is 10.2. The fourth-order valence-corrected chi connectivity index (χ4v) is 5.68. The van der Waals surface area contributed by atoms with Crippen LogP contribution in [-0.4, -0.2) is 46.8 Å². The van der Waals surface area contributed by atoms with Gasteiger partial charge in [-0.05, 0) is 61.8 Å². The first-order valence-corrected chi connectivity index (χ1v) is 12.6. The molecule has 2 saturated carbocycles. The smallest absolute Gasteiger partial charge is 0.478 e. The second kappa shape index (κ2) is 9.61. The largest absolute Gasteiger partial charge is 0.573 e. The van der Waals surface area contributed by atoms with E-state index in [0.717, 1.165) is 44.6 Å². The Balaban J connectivity index is 1.13. The average Bonchev–Trinajstić information content (AvgIpc) is 3.34. The minimum absolute atomic E-state index is 0.0194. The Morgan fingerprint density at radius 2 is 1.84 bits per heavy atom. The van der Waals surface area contributed by atoms with Crippen molar-refractivity contribution in [2.24, 2.45) is 11.8 Å². The first-order chi connectivity index (χ1) is 18.2. The van der Waals surface area contributed by atoms with E-state index in [4.69, 9.17) is 14.4 Å². The molecule has 0 amide bonds. The molecule has 0 spiro atoms. The van der Waals surface area contributed by atoms with E-state index in [1.54, 1.807) is 24.3 Å². The van der Waals surface area contributed by atoms with Crippen molar-refractivity contribution in [2.75, 3.05) is 18.0 Å². The van der Waals surface area contributed by atoms with Gasteiger partial charge in [0.1, 0.15) is 23.0 Å². The molecule has 1 N–H and O–H groups in total. The normalized spacial score (nSPS) is 23.0. The van der Waals surface area contributed by atoms with Crippen molar-refractivity contribution in [3.05, 3.63) is 59.5 Å². The van der Waals surface area contributed by atoms with Crippen LogP contribution in [0.5, 0.6) is 5.75 Å². The van der Waals surface area contributed by atoms with Crippen LogP contribution >= 0.6 is 0 Å². The van der Waals surface area contributed by atoms with Gasteiger partial charge in [-0.2, -0.15) is 0 Å². The standard InChI is InChI=1S/C27H26F3N3O5/c28-27(29,30)37-22-4-2-1-3-20(22)24-21(25(38-32-24)15-5-6-15)14-36-19-9-17-12-33(13-18(17)10-19)23-8-7-16(11-31-23)26(34)35/h1-4,7-8,11,15,17-19H,5-6,9-10,12-14H2,(H,34,35)/t17-,18?,19?/m0/s1. The van der Waals surface area contributed by atoms with Crippen LogP contribution in [0.3, 0.4) is 0 Å². The van der Waals surface area contributed by atoms with Crippen LogP contribution in [0.4, 0.5) is 19.0 Å². The number of rotatable bonds is 8. The highest BCUT2D eigenvalue weighted by atomic mass is 19.4. The fraction of sp³-hybridized carbons (Fsp3) is 0.444. The monoisotopic (exact) mass is 529 g/mol. The van der Waals surface area contributed by atoms with E-state index in [0.29, 0.717) is 28.9 Å². The maximum absolute atomic E-state index is 13.0. The molecule has 11 heteroatoms. The van der Waals surface area contributed by atoms with Gasteiger partial charge in [0.25, 0.3) is 0 Å². The molecule has 6 rings (SSSR count). The molecule has 1 aromatic carbocycles. The zero-order valence-electron chi connectivity index (χ0n) is 20.4. The first kappa shape index (κ1) is 24.7. The molecule has 3 fully saturated rings. The number of aromatic nitrogens is 2. The van der Waals surface area contributed by atoms with Crippen molar-refractivity contribution in [1.29, 1.82) is 0 Å². The highest BCUT2D eigenvalue weighted by molar-refractivity contribution is 5.87. The summed E-state index contributed by atoms with van der Waals surface area (Å²) in [5, 5.41) is 13.2. The summed E-state index contributed by atoms with van der Waals surface area (Å²) in [6, 6.07) is 9.25. The molecule has 200 valence electrons. The topological polar surface area (TPSA) is 97.9 Å². The van der Waals surface area contributed by atoms with E-state index in [-0.39, 0.29) is 35.5 Å². The molecule has 3 heterocycles. The number of carboxylic acids is 1. The van der Waals surface area contributed by atoms with E-state index in [1.165, 1.54) is 18.3 Å². The SMILES string of the molecule is O=C(O)c1ccc(N2CC3CC(OCc4c(-c5ccccc5OC(F)(F)F)noc4C4CC4)C[C@H]3C2)nc1. The van der Waals surface area contributed by atoms with Crippen molar-refractivity contribution >= 4 is 11.8 Å². The molecule has 3 aliphatic rings.